The molecule has 0 aliphatic carbocycles. The van der Waals surface area contributed by atoms with Crippen molar-refractivity contribution in [1.82, 2.24) is 29.4 Å². The molecule has 0 saturated carbocycles. The second-order valence-electron chi connectivity index (χ2n) is 9.03. The largest absolute Gasteiger partial charge is 0.497 e. The van der Waals surface area contributed by atoms with Crippen molar-refractivity contribution in [2.24, 2.45) is 0 Å². The van der Waals surface area contributed by atoms with Crippen molar-refractivity contribution in [3.8, 4) is 34.6 Å². The normalized spacial score (nSPS) is 14.1. The van der Waals surface area contributed by atoms with Gasteiger partial charge in [0, 0.05) is 10.6 Å². The van der Waals surface area contributed by atoms with Crippen LogP contribution in [0, 0.1) is 6.92 Å². The molecule has 0 spiro atoms. The maximum Gasteiger partial charge on any atom is 0.230 e. The van der Waals surface area contributed by atoms with Crippen molar-refractivity contribution >= 4 is 17.2 Å². The highest BCUT2D eigenvalue weighted by Gasteiger charge is 2.38. The van der Waals surface area contributed by atoms with E-state index in [1.807, 2.05) is 78.3 Å². The molecule has 3 aromatic carbocycles. The van der Waals surface area contributed by atoms with Gasteiger partial charge in [0.25, 0.3) is 0 Å². The lowest BCUT2D eigenvalue weighted by atomic mass is 9.84. The molecule has 0 N–H and O–H groups in total. The van der Waals surface area contributed by atoms with E-state index in [0.717, 1.165) is 39.4 Å². The number of halogens is 1. The maximum absolute atomic E-state index is 6.49. The smallest absolute Gasteiger partial charge is 0.230 e. The summed E-state index contributed by atoms with van der Waals surface area (Å²) in [7, 11) is 1.66. The van der Waals surface area contributed by atoms with Gasteiger partial charge in [0.05, 0.1) is 35.5 Å². The molecule has 0 bridgehead atoms. The highest BCUT2D eigenvalue weighted by atomic mass is 35.5. The molecule has 0 amide bonds. The number of aromatic nitrogens is 6. The van der Waals surface area contributed by atoms with E-state index >= 15 is 0 Å². The molecule has 0 unspecified atom stereocenters. The maximum atomic E-state index is 6.49. The van der Waals surface area contributed by atoms with Gasteiger partial charge in [-0.15, -0.1) is 5.10 Å². The molecule has 0 radical (unpaired) electrons. The van der Waals surface area contributed by atoms with Gasteiger partial charge in [-0.25, -0.2) is 19.2 Å². The zero-order valence-corrected chi connectivity index (χ0v) is 21.3. The Hall–Kier alpha value is -4.69. The van der Waals surface area contributed by atoms with E-state index in [1.165, 1.54) is 0 Å². The molecule has 1 atom stereocenters. The zero-order chi connectivity index (χ0) is 25.8. The van der Waals surface area contributed by atoms with Crippen LogP contribution in [-0.2, 0) is 0 Å². The third-order valence-corrected chi connectivity index (χ3v) is 7.02. The lowest BCUT2D eigenvalue weighted by molar-refractivity contribution is 0.402. The standard InChI is InChI=1S/C29H21ClN6O2/c1-17-23-24(18-10-14-22(37-2)15-11-18)25-27-32-26(19-8-12-20(30)13-9-19)34-35(27)16-31-28(25)38-29(23)36(33-17)21-6-4-3-5-7-21/h3-16,24H,1-2H3/t24-/m0/s1. The molecule has 1 aliphatic heterocycles. The number of fused-ring (bicyclic) bond motifs is 4. The number of para-hydroxylation sites is 1. The van der Waals surface area contributed by atoms with Gasteiger partial charge in [-0.05, 0) is 61.0 Å². The van der Waals surface area contributed by atoms with Crippen molar-refractivity contribution in [2.75, 3.05) is 7.11 Å². The molecule has 0 fully saturated rings. The zero-order valence-electron chi connectivity index (χ0n) is 20.5. The summed E-state index contributed by atoms with van der Waals surface area (Å²) >= 11 is 6.10. The van der Waals surface area contributed by atoms with E-state index in [2.05, 4.69) is 17.1 Å². The minimum Gasteiger partial charge on any atom is -0.497 e. The van der Waals surface area contributed by atoms with Gasteiger partial charge in [0.15, 0.2) is 11.5 Å². The number of hydrogen-bond acceptors (Lipinski definition) is 6. The van der Waals surface area contributed by atoms with E-state index in [1.54, 1.807) is 18.0 Å². The Labute approximate surface area is 223 Å². The SMILES string of the molecule is COc1ccc([C@H]2c3c(C)nn(-c4ccccc4)c3Oc3ncn4nc(-c5ccc(Cl)cc5)nc4c32)cc1. The summed E-state index contributed by atoms with van der Waals surface area (Å²) in [5, 5.41) is 10.2. The molecule has 186 valence electrons. The molecule has 6 aromatic rings. The van der Waals surface area contributed by atoms with Crippen LogP contribution < -0.4 is 9.47 Å². The quantitative estimate of drug-likeness (QED) is 0.273. The van der Waals surface area contributed by atoms with E-state index in [0.29, 0.717) is 28.3 Å². The predicted octanol–water partition coefficient (Wildman–Crippen LogP) is 6.23. The van der Waals surface area contributed by atoms with Gasteiger partial charge >= 0.3 is 0 Å². The first-order valence-electron chi connectivity index (χ1n) is 12.1. The summed E-state index contributed by atoms with van der Waals surface area (Å²) in [5.41, 5.74) is 6.11. The summed E-state index contributed by atoms with van der Waals surface area (Å²) in [6.45, 7) is 2.00. The van der Waals surface area contributed by atoms with Gasteiger partial charge in [0.2, 0.25) is 11.8 Å². The summed E-state index contributed by atoms with van der Waals surface area (Å²) in [6.07, 6.45) is 1.63. The molecule has 7 rings (SSSR count). The number of methoxy groups -OCH3 is 1. The van der Waals surface area contributed by atoms with Crippen LogP contribution in [0.15, 0.2) is 85.2 Å². The van der Waals surface area contributed by atoms with Gasteiger partial charge in [-0.2, -0.15) is 5.10 Å². The Morgan fingerprint density at radius 2 is 1.66 bits per heavy atom. The molecule has 0 saturated heterocycles. The fraction of sp³-hybridized carbons (Fsp3) is 0.103. The third kappa shape index (κ3) is 3.53. The van der Waals surface area contributed by atoms with E-state index in [-0.39, 0.29) is 5.92 Å². The summed E-state index contributed by atoms with van der Waals surface area (Å²) < 4.78 is 15.4. The predicted molar refractivity (Wildman–Crippen MR) is 144 cm³/mol. The minimum atomic E-state index is -0.240. The molecular weight excluding hydrogens is 500 g/mol. The van der Waals surface area contributed by atoms with Crippen molar-refractivity contribution in [2.45, 2.75) is 12.8 Å². The fourth-order valence-electron chi connectivity index (χ4n) is 4.97. The minimum absolute atomic E-state index is 0.240. The van der Waals surface area contributed by atoms with Crippen LogP contribution in [0.4, 0.5) is 0 Å². The molecule has 3 aromatic heterocycles. The summed E-state index contributed by atoms with van der Waals surface area (Å²) in [4.78, 5) is 9.61. The average molecular weight is 521 g/mol. The first-order chi connectivity index (χ1) is 18.6. The highest BCUT2D eigenvalue weighted by molar-refractivity contribution is 6.30. The van der Waals surface area contributed by atoms with Gasteiger partial charge < -0.3 is 9.47 Å². The Morgan fingerprint density at radius 3 is 2.39 bits per heavy atom. The molecule has 8 nitrogen and oxygen atoms in total. The van der Waals surface area contributed by atoms with E-state index in [4.69, 9.17) is 36.3 Å². The number of rotatable bonds is 4. The average Bonchev–Trinajstić information content (AvgIpc) is 3.54. The van der Waals surface area contributed by atoms with E-state index in [9.17, 15) is 0 Å². The second-order valence-corrected chi connectivity index (χ2v) is 9.47. The number of hydrogen-bond donors (Lipinski definition) is 0. The van der Waals surface area contributed by atoms with Crippen molar-refractivity contribution < 1.29 is 9.47 Å². The number of benzene rings is 3. The number of ether oxygens (including phenoxy) is 2. The number of aryl methyl sites for hydroxylation is 1. The molecule has 38 heavy (non-hydrogen) atoms. The van der Waals surface area contributed by atoms with E-state index < -0.39 is 0 Å². The first-order valence-corrected chi connectivity index (χ1v) is 12.5. The third-order valence-electron chi connectivity index (χ3n) is 6.77. The van der Waals surface area contributed by atoms with Crippen LogP contribution in [0.3, 0.4) is 0 Å². The Balaban J connectivity index is 1.47. The lowest BCUT2D eigenvalue weighted by Gasteiger charge is -2.26. The van der Waals surface area contributed by atoms with Gasteiger partial charge in [-0.3, -0.25) is 0 Å². The number of nitrogens with zero attached hydrogens (tertiary/aromatic N) is 6. The topological polar surface area (TPSA) is 79.4 Å². The van der Waals surface area contributed by atoms with Crippen molar-refractivity contribution in [3.05, 3.63) is 113 Å². The van der Waals surface area contributed by atoms with Crippen molar-refractivity contribution in [3.63, 3.8) is 0 Å². The Bertz CT molecular complexity index is 1790. The summed E-state index contributed by atoms with van der Waals surface area (Å²) in [6, 6.07) is 25.4. The van der Waals surface area contributed by atoms with Crippen LogP contribution in [0.1, 0.15) is 28.3 Å². The Kier molecular flexibility index (Phi) is 5.16. The first kappa shape index (κ1) is 22.5. The fourth-order valence-corrected chi connectivity index (χ4v) is 5.10. The highest BCUT2D eigenvalue weighted by Crippen LogP contribution is 2.49. The van der Waals surface area contributed by atoms with Crippen LogP contribution in [0.25, 0.3) is 22.7 Å². The van der Waals surface area contributed by atoms with Crippen LogP contribution >= 0.6 is 11.6 Å². The molecular formula is C29H21ClN6O2. The summed E-state index contributed by atoms with van der Waals surface area (Å²) in [5.74, 6) is 2.22. The molecule has 4 heterocycles. The van der Waals surface area contributed by atoms with Gasteiger partial charge in [0.1, 0.15) is 12.1 Å². The Morgan fingerprint density at radius 1 is 0.895 bits per heavy atom. The molecule has 9 heteroatoms. The lowest BCUT2D eigenvalue weighted by Crippen LogP contribution is -2.16. The van der Waals surface area contributed by atoms with Gasteiger partial charge in [-0.1, -0.05) is 41.9 Å². The van der Waals surface area contributed by atoms with Crippen LogP contribution in [-0.4, -0.2) is 36.5 Å². The van der Waals surface area contributed by atoms with Crippen LogP contribution in [0.2, 0.25) is 5.02 Å². The second kappa shape index (κ2) is 8.71. The monoisotopic (exact) mass is 520 g/mol. The molecule has 1 aliphatic rings. The van der Waals surface area contributed by atoms with Crippen LogP contribution in [0.5, 0.6) is 17.5 Å². The van der Waals surface area contributed by atoms with Crippen molar-refractivity contribution in [1.29, 1.82) is 0 Å².